The third-order valence-electron chi connectivity index (χ3n) is 5.59. The van der Waals surface area contributed by atoms with Crippen molar-refractivity contribution in [2.24, 2.45) is 0 Å². The van der Waals surface area contributed by atoms with Crippen LogP contribution in [0.4, 0.5) is 0 Å². The largest absolute Gasteiger partial charge is 0.472 e. The van der Waals surface area contributed by atoms with Crippen molar-refractivity contribution in [1.29, 1.82) is 0 Å². The molecule has 1 amide bonds. The van der Waals surface area contributed by atoms with Gasteiger partial charge in [0.15, 0.2) is 0 Å². The van der Waals surface area contributed by atoms with Gasteiger partial charge in [-0.05, 0) is 24.0 Å². The maximum Gasteiger partial charge on any atom is 0.319 e. The highest BCUT2D eigenvalue weighted by Gasteiger charge is 2.28. The first-order chi connectivity index (χ1) is 15.2. The normalized spacial score (nSPS) is 16.2. The summed E-state index contributed by atoms with van der Waals surface area (Å²) in [6, 6.07) is 22.5. The summed E-state index contributed by atoms with van der Waals surface area (Å²) in [6.45, 7) is 1.31. The molecule has 6 nitrogen and oxygen atoms in total. The van der Waals surface area contributed by atoms with E-state index in [0.717, 1.165) is 30.5 Å². The van der Waals surface area contributed by atoms with Gasteiger partial charge in [0.05, 0.1) is 13.7 Å². The number of likely N-dealkylation sites (tertiary alicyclic amines) is 1. The van der Waals surface area contributed by atoms with Crippen LogP contribution in [0.15, 0.2) is 72.9 Å². The van der Waals surface area contributed by atoms with E-state index in [2.05, 4.69) is 34.2 Å². The molecule has 2 aromatic carbocycles. The van der Waals surface area contributed by atoms with Crippen molar-refractivity contribution in [3.05, 3.63) is 84.1 Å². The predicted octanol–water partition coefficient (Wildman–Crippen LogP) is 4.08. The summed E-state index contributed by atoms with van der Waals surface area (Å²) >= 11 is 0. The molecule has 0 spiro atoms. The molecular formula is C25H27N3O3. The standard InChI is InChI=1S/C25H27N3O3/c1-30-25-26-15-14-23(27-25)31-21-13-8-16-28(18-21)24(29)17-22(19-9-4-2-5-10-19)20-11-6-3-7-12-20/h2-7,9-12,14-15,21-22H,8,13,16-18H2,1H3. The van der Waals surface area contributed by atoms with E-state index in [1.165, 1.54) is 7.11 Å². The van der Waals surface area contributed by atoms with Gasteiger partial charge in [-0.3, -0.25) is 4.79 Å². The summed E-state index contributed by atoms with van der Waals surface area (Å²) in [5.41, 5.74) is 2.31. The average Bonchev–Trinajstić information content (AvgIpc) is 2.84. The molecule has 160 valence electrons. The van der Waals surface area contributed by atoms with Crippen LogP contribution in [0.1, 0.15) is 36.3 Å². The Morgan fingerprint density at radius 2 is 1.74 bits per heavy atom. The number of aromatic nitrogens is 2. The number of hydrogen-bond acceptors (Lipinski definition) is 5. The van der Waals surface area contributed by atoms with Gasteiger partial charge in [-0.1, -0.05) is 60.7 Å². The minimum Gasteiger partial charge on any atom is -0.472 e. The molecular weight excluding hydrogens is 390 g/mol. The van der Waals surface area contributed by atoms with E-state index in [0.29, 0.717) is 18.8 Å². The molecule has 0 saturated carbocycles. The van der Waals surface area contributed by atoms with Crippen LogP contribution < -0.4 is 9.47 Å². The van der Waals surface area contributed by atoms with Crippen LogP contribution in [0.3, 0.4) is 0 Å². The Bertz CT molecular complexity index is 942. The van der Waals surface area contributed by atoms with Crippen LogP contribution in [-0.2, 0) is 4.79 Å². The molecule has 1 aliphatic rings. The summed E-state index contributed by atoms with van der Waals surface area (Å²) in [6.07, 6.45) is 3.74. The van der Waals surface area contributed by atoms with Crippen LogP contribution in [-0.4, -0.2) is 47.1 Å². The fraction of sp³-hybridized carbons (Fsp3) is 0.320. The van der Waals surface area contributed by atoms with E-state index in [9.17, 15) is 4.79 Å². The third-order valence-corrected chi connectivity index (χ3v) is 5.59. The number of piperidine rings is 1. The first-order valence-corrected chi connectivity index (χ1v) is 10.6. The van der Waals surface area contributed by atoms with Crippen LogP contribution in [0.25, 0.3) is 0 Å². The quantitative estimate of drug-likeness (QED) is 0.580. The Labute approximate surface area is 182 Å². The van der Waals surface area contributed by atoms with Crippen molar-refractivity contribution >= 4 is 5.91 Å². The topological polar surface area (TPSA) is 64.6 Å². The Hall–Kier alpha value is -3.41. The van der Waals surface area contributed by atoms with Crippen molar-refractivity contribution < 1.29 is 14.3 Å². The SMILES string of the molecule is COc1nccc(OC2CCCN(C(=O)CC(c3ccccc3)c3ccccc3)C2)n1. The molecule has 0 radical (unpaired) electrons. The van der Waals surface area contributed by atoms with E-state index >= 15 is 0 Å². The van der Waals surface area contributed by atoms with Crippen LogP contribution in [0.2, 0.25) is 0 Å². The highest BCUT2D eigenvalue weighted by Crippen LogP contribution is 2.29. The zero-order chi connectivity index (χ0) is 21.5. The molecule has 1 atom stereocenters. The number of carbonyl (C=O) groups excluding carboxylic acids is 1. The lowest BCUT2D eigenvalue weighted by Crippen LogP contribution is -2.44. The minimum atomic E-state index is -0.0933. The second-order valence-electron chi connectivity index (χ2n) is 7.68. The fourth-order valence-corrected chi connectivity index (χ4v) is 4.02. The highest BCUT2D eigenvalue weighted by atomic mass is 16.5. The van der Waals surface area contributed by atoms with Gasteiger partial charge >= 0.3 is 6.01 Å². The van der Waals surface area contributed by atoms with Gasteiger partial charge in [0.2, 0.25) is 11.8 Å². The summed E-state index contributed by atoms with van der Waals surface area (Å²) < 4.78 is 11.1. The van der Waals surface area contributed by atoms with Crippen molar-refractivity contribution in [3.63, 3.8) is 0 Å². The third kappa shape index (κ3) is 5.40. The molecule has 0 aliphatic carbocycles. The number of amides is 1. The van der Waals surface area contributed by atoms with Crippen molar-refractivity contribution in [3.8, 4) is 11.9 Å². The second kappa shape index (κ2) is 10.1. The molecule has 0 N–H and O–H groups in total. The molecule has 1 unspecified atom stereocenters. The van der Waals surface area contributed by atoms with Gasteiger partial charge in [0.25, 0.3) is 0 Å². The molecule has 1 fully saturated rings. The number of rotatable bonds is 7. The minimum absolute atomic E-state index is 0.0299. The lowest BCUT2D eigenvalue weighted by Gasteiger charge is -2.33. The summed E-state index contributed by atoms with van der Waals surface area (Å²) in [5, 5.41) is 0. The van der Waals surface area contributed by atoms with E-state index in [4.69, 9.17) is 9.47 Å². The second-order valence-corrected chi connectivity index (χ2v) is 7.68. The van der Waals surface area contributed by atoms with Gasteiger partial charge < -0.3 is 14.4 Å². The van der Waals surface area contributed by atoms with Gasteiger partial charge in [0, 0.05) is 31.1 Å². The number of nitrogens with zero attached hydrogens (tertiary/aromatic N) is 3. The van der Waals surface area contributed by atoms with E-state index in [-0.39, 0.29) is 23.9 Å². The first kappa shape index (κ1) is 20.8. The molecule has 6 heteroatoms. The smallest absolute Gasteiger partial charge is 0.319 e. The van der Waals surface area contributed by atoms with Crippen LogP contribution >= 0.6 is 0 Å². The lowest BCUT2D eigenvalue weighted by atomic mass is 9.88. The van der Waals surface area contributed by atoms with Crippen molar-refractivity contribution in [2.45, 2.75) is 31.3 Å². The Balaban J connectivity index is 1.45. The zero-order valence-corrected chi connectivity index (χ0v) is 17.7. The van der Waals surface area contributed by atoms with Crippen molar-refractivity contribution in [1.82, 2.24) is 14.9 Å². The summed E-state index contributed by atoms with van der Waals surface area (Å²) in [4.78, 5) is 23.4. The molecule has 3 aromatic rings. The van der Waals surface area contributed by atoms with E-state index < -0.39 is 0 Å². The highest BCUT2D eigenvalue weighted by molar-refractivity contribution is 5.78. The van der Waals surface area contributed by atoms with E-state index in [1.807, 2.05) is 41.3 Å². The Morgan fingerprint density at radius 1 is 1.06 bits per heavy atom. The van der Waals surface area contributed by atoms with Crippen LogP contribution in [0.5, 0.6) is 11.9 Å². The first-order valence-electron chi connectivity index (χ1n) is 10.6. The molecule has 0 bridgehead atoms. The van der Waals surface area contributed by atoms with Gasteiger partial charge in [0.1, 0.15) is 6.10 Å². The molecule has 4 rings (SSSR count). The maximum atomic E-state index is 13.3. The maximum absolute atomic E-state index is 13.3. The Morgan fingerprint density at radius 3 is 2.39 bits per heavy atom. The van der Waals surface area contributed by atoms with Crippen LogP contribution in [0, 0.1) is 0 Å². The monoisotopic (exact) mass is 417 g/mol. The summed E-state index contributed by atoms with van der Waals surface area (Å²) in [7, 11) is 1.52. The number of methoxy groups -OCH3 is 1. The average molecular weight is 418 g/mol. The lowest BCUT2D eigenvalue weighted by molar-refractivity contribution is -0.134. The van der Waals surface area contributed by atoms with Gasteiger partial charge in [-0.15, -0.1) is 0 Å². The number of benzene rings is 2. The van der Waals surface area contributed by atoms with Gasteiger partial charge in [-0.2, -0.15) is 4.98 Å². The molecule has 31 heavy (non-hydrogen) atoms. The molecule has 1 aliphatic heterocycles. The fourth-order valence-electron chi connectivity index (χ4n) is 4.02. The number of hydrogen-bond donors (Lipinski definition) is 0. The number of carbonyl (C=O) groups is 1. The van der Waals surface area contributed by atoms with E-state index in [1.54, 1.807) is 12.3 Å². The zero-order valence-electron chi connectivity index (χ0n) is 17.7. The predicted molar refractivity (Wildman–Crippen MR) is 118 cm³/mol. The number of ether oxygens (including phenoxy) is 2. The molecule has 2 heterocycles. The Kier molecular flexibility index (Phi) is 6.77. The molecule has 1 saturated heterocycles. The molecule has 1 aromatic heterocycles. The van der Waals surface area contributed by atoms with Crippen molar-refractivity contribution in [2.75, 3.05) is 20.2 Å². The van der Waals surface area contributed by atoms with Gasteiger partial charge in [-0.25, -0.2) is 4.98 Å². The summed E-state index contributed by atoms with van der Waals surface area (Å²) in [5.74, 6) is 0.645.